The van der Waals surface area contributed by atoms with Crippen molar-refractivity contribution in [1.82, 2.24) is 10.3 Å². The van der Waals surface area contributed by atoms with Crippen LogP contribution < -0.4 is 10.1 Å². The highest BCUT2D eigenvalue weighted by molar-refractivity contribution is 5.94. The molecule has 21 heavy (non-hydrogen) atoms. The third kappa shape index (κ3) is 3.92. The first-order valence-electron chi connectivity index (χ1n) is 7.41. The van der Waals surface area contributed by atoms with Crippen LogP contribution in [0, 0.1) is 0 Å². The normalized spacial score (nSPS) is 25.0. The van der Waals surface area contributed by atoms with E-state index in [2.05, 4.69) is 10.3 Å². The molecule has 3 heterocycles. The Morgan fingerprint density at radius 1 is 1.43 bits per heavy atom. The average Bonchev–Trinajstić information content (AvgIpc) is 3.18. The lowest BCUT2D eigenvalue weighted by atomic mass is 10.2. The number of carbonyl (C=O) groups is 1. The van der Waals surface area contributed by atoms with E-state index in [0.717, 1.165) is 25.9 Å². The van der Waals surface area contributed by atoms with Gasteiger partial charge in [0.15, 0.2) is 0 Å². The first-order chi connectivity index (χ1) is 10.3. The maximum absolute atomic E-state index is 12.1. The molecule has 2 fully saturated rings. The molecule has 2 saturated heterocycles. The van der Waals surface area contributed by atoms with Crippen LogP contribution in [0.3, 0.4) is 0 Å². The first kappa shape index (κ1) is 14.3. The molecule has 6 heteroatoms. The number of hydrogen-bond donors (Lipinski definition) is 1. The minimum Gasteiger partial charge on any atom is -0.472 e. The SMILES string of the molecule is O=C(NCC1CCCO1)c1ccnc(OC2CCOC2)c1. The van der Waals surface area contributed by atoms with Crippen molar-refractivity contribution < 1.29 is 19.0 Å². The van der Waals surface area contributed by atoms with E-state index in [4.69, 9.17) is 14.2 Å². The molecule has 1 N–H and O–H groups in total. The van der Waals surface area contributed by atoms with Gasteiger partial charge in [-0.2, -0.15) is 0 Å². The fraction of sp³-hybridized carbons (Fsp3) is 0.600. The number of rotatable bonds is 5. The van der Waals surface area contributed by atoms with Crippen molar-refractivity contribution in [3.63, 3.8) is 0 Å². The summed E-state index contributed by atoms with van der Waals surface area (Å²) < 4.78 is 16.4. The number of ether oxygens (including phenoxy) is 3. The lowest BCUT2D eigenvalue weighted by Crippen LogP contribution is -2.31. The first-order valence-corrected chi connectivity index (χ1v) is 7.41. The summed E-state index contributed by atoms with van der Waals surface area (Å²) in [6.45, 7) is 2.63. The minimum atomic E-state index is -0.125. The highest BCUT2D eigenvalue weighted by atomic mass is 16.5. The molecule has 0 saturated carbocycles. The summed E-state index contributed by atoms with van der Waals surface area (Å²) in [5.74, 6) is 0.343. The Bertz CT molecular complexity index is 482. The monoisotopic (exact) mass is 292 g/mol. The number of nitrogens with zero attached hydrogens (tertiary/aromatic N) is 1. The van der Waals surface area contributed by atoms with Crippen LogP contribution in [0.4, 0.5) is 0 Å². The van der Waals surface area contributed by atoms with Crippen LogP contribution in [-0.4, -0.2) is 49.5 Å². The van der Waals surface area contributed by atoms with Crippen molar-refractivity contribution >= 4 is 5.91 Å². The molecule has 0 aliphatic carbocycles. The standard InChI is InChI=1S/C15H20N2O4/c18-15(17-9-12-2-1-6-20-12)11-3-5-16-14(8-11)21-13-4-7-19-10-13/h3,5,8,12-13H,1-2,4,6-7,9-10H2,(H,17,18). The summed E-state index contributed by atoms with van der Waals surface area (Å²) in [5.41, 5.74) is 0.553. The fourth-order valence-corrected chi connectivity index (χ4v) is 2.51. The van der Waals surface area contributed by atoms with E-state index >= 15 is 0 Å². The smallest absolute Gasteiger partial charge is 0.251 e. The molecule has 0 spiro atoms. The van der Waals surface area contributed by atoms with Crippen molar-refractivity contribution in [2.45, 2.75) is 31.5 Å². The summed E-state index contributed by atoms with van der Waals surface area (Å²) in [7, 11) is 0. The van der Waals surface area contributed by atoms with Crippen LogP contribution in [0.5, 0.6) is 5.88 Å². The van der Waals surface area contributed by atoms with E-state index in [-0.39, 0.29) is 18.1 Å². The van der Waals surface area contributed by atoms with Gasteiger partial charge >= 0.3 is 0 Å². The molecule has 2 aliphatic rings. The zero-order valence-electron chi connectivity index (χ0n) is 11.9. The number of nitrogens with one attached hydrogen (secondary N) is 1. The Kier molecular flexibility index (Phi) is 4.67. The molecule has 114 valence electrons. The molecular formula is C15H20N2O4. The van der Waals surface area contributed by atoms with Gasteiger partial charge in [0.05, 0.1) is 19.3 Å². The van der Waals surface area contributed by atoms with Gasteiger partial charge in [-0.05, 0) is 18.9 Å². The molecule has 2 unspecified atom stereocenters. The summed E-state index contributed by atoms with van der Waals surface area (Å²) in [4.78, 5) is 16.3. The molecule has 1 aromatic heterocycles. The van der Waals surface area contributed by atoms with Gasteiger partial charge < -0.3 is 19.5 Å². The zero-order valence-corrected chi connectivity index (χ0v) is 11.9. The third-order valence-electron chi connectivity index (χ3n) is 3.69. The van der Waals surface area contributed by atoms with Crippen molar-refractivity contribution in [2.75, 3.05) is 26.4 Å². The number of pyridine rings is 1. The summed E-state index contributed by atoms with van der Waals surface area (Å²) in [6.07, 6.45) is 4.69. The van der Waals surface area contributed by atoms with E-state index in [0.29, 0.717) is 31.2 Å². The number of hydrogen-bond acceptors (Lipinski definition) is 5. The number of amides is 1. The highest BCUT2D eigenvalue weighted by Crippen LogP contribution is 2.16. The van der Waals surface area contributed by atoms with Crippen LogP contribution in [0.1, 0.15) is 29.6 Å². The minimum absolute atomic E-state index is 0.0303. The predicted molar refractivity (Wildman–Crippen MR) is 75.4 cm³/mol. The molecule has 6 nitrogen and oxygen atoms in total. The Balaban J connectivity index is 1.54. The van der Waals surface area contributed by atoms with E-state index in [9.17, 15) is 4.79 Å². The molecule has 3 rings (SSSR count). The lowest BCUT2D eigenvalue weighted by Gasteiger charge is -2.13. The molecule has 1 amide bonds. The molecule has 2 aliphatic heterocycles. The zero-order chi connectivity index (χ0) is 14.5. The van der Waals surface area contributed by atoms with Crippen molar-refractivity contribution in [1.29, 1.82) is 0 Å². The molecule has 0 aromatic carbocycles. The topological polar surface area (TPSA) is 69.7 Å². The molecular weight excluding hydrogens is 272 g/mol. The fourth-order valence-electron chi connectivity index (χ4n) is 2.51. The van der Waals surface area contributed by atoms with E-state index in [1.807, 2.05) is 0 Å². The lowest BCUT2D eigenvalue weighted by molar-refractivity contribution is 0.0856. The van der Waals surface area contributed by atoms with Gasteiger partial charge in [0, 0.05) is 37.4 Å². The van der Waals surface area contributed by atoms with Crippen LogP contribution >= 0.6 is 0 Å². The van der Waals surface area contributed by atoms with Gasteiger partial charge in [-0.25, -0.2) is 4.98 Å². The summed E-state index contributed by atoms with van der Waals surface area (Å²) in [6, 6.07) is 3.35. The Morgan fingerprint density at radius 3 is 3.14 bits per heavy atom. The Labute approximate surface area is 123 Å². The van der Waals surface area contributed by atoms with Gasteiger partial charge in [-0.1, -0.05) is 0 Å². The van der Waals surface area contributed by atoms with E-state index in [1.54, 1.807) is 18.3 Å². The van der Waals surface area contributed by atoms with E-state index < -0.39 is 0 Å². The van der Waals surface area contributed by atoms with Gasteiger partial charge in [0.25, 0.3) is 5.91 Å². The van der Waals surface area contributed by atoms with Gasteiger partial charge in [0.2, 0.25) is 5.88 Å². The number of aromatic nitrogens is 1. The largest absolute Gasteiger partial charge is 0.472 e. The van der Waals surface area contributed by atoms with Crippen molar-refractivity contribution in [2.24, 2.45) is 0 Å². The quantitative estimate of drug-likeness (QED) is 0.882. The second-order valence-corrected chi connectivity index (χ2v) is 5.33. The van der Waals surface area contributed by atoms with Crippen LogP contribution in [0.25, 0.3) is 0 Å². The van der Waals surface area contributed by atoms with Crippen LogP contribution in [-0.2, 0) is 9.47 Å². The Morgan fingerprint density at radius 2 is 2.38 bits per heavy atom. The van der Waals surface area contributed by atoms with Gasteiger partial charge in [0.1, 0.15) is 6.10 Å². The van der Waals surface area contributed by atoms with E-state index in [1.165, 1.54) is 0 Å². The maximum atomic E-state index is 12.1. The predicted octanol–water partition coefficient (Wildman–Crippen LogP) is 1.16. The Hall–Kier alpha value is -1.66. The molecule has 1 aromatic rings. The second kappa shape index (κ2) is 6.87. The van der Waals surface area contributed by atoms with Crippen molar-refractivity contribution in [3.8, 4) is 5.88 Å². The van der Waals surface area contributed by atoms with Gasteiger partial charge in [-0.15, -0.1) is 0 Å². The second-order valence-electron chi connectivity index (χ2n) is 5.33. The summed E-state index contributed by atoms with van der Waals surface area (Å²) >= 11 is 0. The van der Waals surface area contributed by atoms with Gasteiger partial charge in [-0.3, -0.25) is 4.79 Å². The van der Waals surface area contributed by atoms with Crippen LogP contribution in [0.2, 0.25) is 0 Å². The van der Waals surface area contributed by atoms with Crippen LogP contribution in [0.15, 0.2) is 18.3 Å². The number of carbonyl (C=O) groups excluding carboxylic acids is 1. The van der Waals surface area contributed by atoms with Crippen molar-refractivity contribution in [3.05, 3.63) is 23.9 Å². The summed E-state index contributed by atoms with van der Waals surface area (Å²) in [5, 5.41) is 2.89. The third-order valence-corrected chi connectivity index (χ3v) is 3.69. The molecule has 0 bridgehead atoms. The molecule has 2 atom stereocenters. The maximum Gasteiger partial charge on any atom is 0.251 e. The average molecular weight is 292 g/mol. The highest BCUT2D eigenvalue weighted by Gasteiger charge is 2.19. The molecule has 0 radical (unpaired) electrons.